The average molecular weight is 257 g/mol. The third-order valence-corrected chi connectivity index (χ3v) is 4.53. The van der Waals surface area contributed by atoms with E-state index < -0.39 is 0 Å². The highest BCUT2D eigenvalue weighted by atomic mass is 16.2. The molecule has 1 heterocycles. The summed E-state index contributed by atoms with van der Waals surface area (Å²) in [4.78, 5) is 26.6. The van der Waals surface area contributed by atoms with Crippen LogP contribution in [0.2, 0.25) is 0 Å². The van der Waals surface area contributed by atoms with E-state index in [1.165, 1.54) is 0 Å². The zero-order valence-electron chi connectivity index (χ0n) is 11.2. The summed E-state index contributed by atoms with van der Waals surface area (Å²) >= 11 is 0. The molecule has 1 aromatic rings. The number of nitrogens with zero attached hydrogens (tertiary/aromatic N) is 1. The summed E-state index contributed by atoms with van der Waals surface area (Å²) in [5.41, 5.74) is 0.689. The fourth-order valence-corrected chi connectivity index (χ4v) is 3.57. The van der Waals surface area contributed by atoms with E-state index in [2.05, 4.69) is 6.92 Å². The second-order valence-corrected chi connectivity index (χ2v) is 5.77. The molecular weight excluding hydrogens is 238 g/mol. The van der Waals surface area contributed by atoms with Gasteiger partial charge in [-0.2, -0.15) is 0 Å². The van der Waals surface area contributed by atoms with Crippen LogP contribution in [0.4, 0.5) is 0 Å². The summed E-state index contributed by atoms with van der Waals surface area (Å²) in [5, 5.41) is 0. The summed E-state index contributed by atoms with van der Waals surface area (Å²) in [6, 6.07) is 9.12. The Labute approximate surface area is 113 Å². The van der Waals surface area contributed by atoms with Gasteiger partial charge in [-0.05, 0) is 36.8 Å². The Balaban J connectivity index is 1.88. The van der Waals surface area contributed by atoms with Gasteiger partial charge in [0.1, 0.15) is 0 Å². The molecule has 2 aliphatic rings. The number of carbonyl (C=O) groups is 2. The Morgan fingerprint density at radius 1 is 1.26 bits per heavy atom. The summed E-state index contributed by atoms with van der Waals surface area (Å²) < 4.78 is 0. The number of fused-ring (bicyclic) bond motifs is 1. The van der Waals surface area contributed by atoms with Crippen molar-refractivity contribution in [3.05, 3.63) is 35.9 Å². The largest absolute Gasteiger partial charge is 0.328 e. The standard InChI is InChI=1S/C16H19NO2/c1-11-10-17(15-13(11)8-5-9-14(15)18)16(19)12-6-3-2-4-7-12/h2-4,6-7,11,13,15H,5,8-10H2,1H3. The van der Waals surface area contributed by atoms with Crippen LogP contribution in [0.1, 0.15) is 36.5 Å². The highest BCUT2D eigenvalue weighted by molar-refractivity contribution is 5.98. The highest BCUT2D eigenvalue weighted by Crippen LogP contribution is 2.38. The average Bonchev–Trinajstić information content (AvgIpc) is 2.78. The number of hydrogen-bond donors (Lipinski definition) is 0. The molecule has 1 aliphatic heterocycles. The number of Topliss-reactive ketones (excluding diaryl/α,β-unsaturated/α-hetero) is 1. The quantitative estimate of drug-likeness (QED) is 0.775. The van der Waals surface area contributed by atoms with Crippen LogP contribution in [-0.2, 0) is 4.79 Å². The van der Waals surface area contributed by atoms with Crippen molar-refractivity contribution in [2.75, 3.05) is 6.54 Å². The van der Waals surface area contributed by atoms with Gasteiger partial charge in [0.15, 0.2) is 5.78 Å². The molecule has 2 fully saturated rings. The molecule has 1 saturated carbocycles. The van der Waals surface area contributed by atoms with Crippen LogP contribution < -0.4 is 0 Å². The minimum absolute atomic E-state index is 0.00944. The van der Waals surface area contributed by atoms with Gasteiger partial charge < -0.3 is 4.90 Å². The monoisotopic (exact) mass is 257 g/mol. The molecule has 1 aliphatic carbocycles. The summed E-state index contributed by atoms with van der Waals surface area (Å²) in [5.74, 6) is 1.07. The third kappa shape index (κ3) is 2.07. The zero-order valence-corrected chi connectivity index (χ0v) is 11.2. The maximum absolute atomic E-state index is 12.6. The van der Waals surface area contributed by atoms with Crippen LogP contribution >= 0.6 is 0 Å². The minimum atomic E-state index is -0.170. The van der Waals surface area contributed by atoms with Crippen molar-refractivity contribution in [2.24, 2.45) is 11.8 Å². The van der Waals surface area contributed by atoms with Crippen molar-refractivity contribution in [3.8, 4) is 0 Å². The Bertz CT molecular complexity index is 497. The van der Waals surface area contributed by atoms with E-state index in [4.69, 9.17) is 0 Å². The maximum Gasteiger partial charge on any atom is 0.254 e. The molecule has 3 rings (SSSR count). The van der Waals surface area contributed by atoms with E-state index in [1.807, 2.05) is 35.2 Å². The molecule has 1 amide bonds. The SMILES string of the molecule is CC1CN(C(=O)c2ccccc2)C2C(=O)CCCC12. The normalized spacial score (nSPS) is 30.3. The van der Waals surface area contributed by atoms with Gasteiger partial charge in [-0.1, -0.05) is 25.1 Å². The molecule has 0 radical (unpaired) electrons. The summed E-state index contributed by atoms with van der Waals surface area (Å²) in [7, 11) is 0. The van der Waals surface area contributed by atoms with E-state index in [-0.39, 0.29) is 17.7 Å². The third-order valence-electron chi connectivity index (χ3n) is 4.53. The first-order chi connectivity index (χ1) is 9.18. The second kappa shape index (κ2) is 4.80. The Hall–Kier alpha value is -1.64. The van der Waals surface area contributed by atoms with Gasteiger partial charge in [0, 0.05) is 18.5 Å². The van der Waals surface area contributed by atoms with Gasteiger partial charge >= 0.3 is 0 Å². The lowest BCUT2D eigenvalue weighted by Crippen LogP contribution is -2.45. The van der Waals surface area contributed by atoms with Crippen molar-refractivity contribution >= 4 is 11.7 Å². The topological polar surface area (TPSA) is 37.4 Å². The van der Waals surface area contributed by atoms with Crippen LogP contribution in [0.5, 0.6) is 0 Å². The molecule has 1 aromatic carbocycles. The molecule has 0 N–H and O–H groups in total. The number of benzene rings is 1. The number of hydrogen-bond acceptors (Lipinski definition) is 2. The maximum atomic E-state index is 12.6. The lowest BCUT2D eigenvalue weighted by atomic mass is 9.80. The zero-order chi connectivity index (χ0) is 13.4. The van der Waals surface area contributed by atoms with Gasteiger partial charge in [-0.25, -0.2) is 0 Å². The van der Waals surface area contributed by atoms with Crippen LogP contribution in [0.3, 0.4) is 0 Å². The Kier molecular flexibility index (Phi) is 3.13. The first-order valence-electron chi connectivity index (χ1n) is 7.07. The van der Waals surface area contributed by atoms with Gasteiger partial charge in [0.2, 0.25) is 0 Å². The van der Waals surface area contributed by atoms with E-state index in [0.717, 1.165) is 19.4 Å². The molecule has 3 unspecified atom stereocenters. The number of carbonyl (C=O) groups excluding carboxylic acids is 2. The first-order valence-corrected chi connectivity index (χ1v) is 7.07. The Morgan fingerprint density at radius 2 is 2.00 bits per heavy atom. The fraction of sp³-hybridized carbons (Fsp3) is 0.500. The molecule has 1 saturated heterocycles. The number of rotatable bonds is 1. The van der Waals surface area contributed by atoms with Crippen LogP contribution in [0.25, 0.3) is 0 Å². The van der Waals surface area contributed by atoms with Crippen LogP contribution in [0, 0.1) is 11.8 Å². The van der Waals surface area contributed by atoms with Gasteiger partial charge in [-0.3, -0.25) is 9.59 Å². The van der Waals surface area contributed by atoms with E-state index in [1.54, 1.807) is 0 Å². The van der Waals surface area contributed by atoms with E-state index in [9.17, 15) is 9.59 Å². The van der Waals surface area contributed by atoms with Gasteiger partial charge in [0.25, 0.3) is 5.91 Å². The lowest BCUT2D eigenvalue weighted by Gasteiger charge is -2.30. The van der Waals surface area contributed by atoms with E-state index >= 15 is 0 Å². The number of amides is 1. The van der Waals surface area contributed by atoms with E-state index in [0.29, 0.717) is 23.8 Å². The molecule has 3 nitrogen and oxygen atoms in total. The second-order valence-electron chi connectivity index (χ2n) is 5.77. The Morgan fingerprint density at radius 3 is 2.74 bits per heavy atom. The van der Waals surface area contributed by atoms with Crippen molar-refractivity contribution in [3.63, 3.8) is 0 Å². The van der Waals surface area contributed by atoms with Crippen LogP contribution in [-0.4, -0.2) is 29.2 Å². The van der Waals surface area contributed by atoms with Crippen molar-refractivity contribution < 1.29 is 9.59 Å². The minimum Gasteiger partial charge on any atom is -0.328 e. The number of ketones is 1. The molecule has 0 spiro atoms. The molecule has 3 heteroatoms. The predicted molar refractivity (Wildman–Crippen MR) is 72.8 cm³/mol. The van der Waals surface area contributed by atoms with Gasteiger partial charge in [0.05, 0.1) is 6.04 Å². The molecular formula is C16H19NO2. The molecule has 0 aromatic heterocycles. The first kappa shape index (κ1) is 12.4. The molecule has 19 heavy (non-hydrogen) atoms. The lowest BCUT2D eigenvalue weighted by molar-refractivity contribution is -0.125. The van der Waals surface area contributed by atoms with Crippen molar-refractivity contribution in [1.29, 1.82) is 0 Å². The molecule has 3 atom stereocenters. The van der Waals surface area contributed by atoms with Crippen LogP contribution in [0.15, 0.2) is 30.3 Å². The smallest absolute Gasteiger partial charge is 0.254 e. The van der Waals surface area contributed by atoms with Gasteiger partial charge in [-0.15, -0.1) is 0 Å². The predicted octanol–water partition coefficient (Wildman–Crippen LogP) is 2.52. The molecule has 0 bridgehead atoms. The summed E-state index contributed by atoms with van der Waals surface area (Å²) in [6.07, 6.45) is 2.69. The highest BCUT2D eigenvalue weighted by Gasteiger charge is 2.46. The fourth-order valence-electron chi connectivity index (χ4n) is 3.57. The number of likely N-dealkylation sites (tertiary alicyclic amines) is 1. The molecule has 100 valence electrons. The van der Waals surface area contributed by atoms with Crippen molar-refractivity contribution in [2.45, 2.75) is 32.2 Å². The van der Waals surface area contributed by atoms with Crippen molar-refractivity contribution in [1.82, 2.24) is 4.90 Å². The summed E-state index contributed by atoms with van der Waals surface area (Å²) in [6.45, 7) is 2.88.